The number of nitrogens with zero attached hydrogens (tertiary/aromatic N) is 8. The van der Waals surface area contributed by atoms with Gasteiger partial charge in [0.2, 0.25) is 11.8 Å². The third-order valence-electron chi connectivity index (χ3n) is 11.2. The number of aromatic nitrogens is 4. The zero-order valence-corrected chi connectivity index (χ0v) is 36.7. The third kappa shape index (κ3) is 9.68. The number of nitrogens with one attached hydrogen (secondary N) is 2. The summed E-state index contributed by atoms with van der Waals surface area (Å²) in [6.07, 6.45) is 4.48. The molecule has 8 amide bonds. The largest absolute Gasteiger partial charge is 0.444 e. The van der Waals surface area contributed by atoms with Gasteiger partial charge in [0, 0.05) is 77.0 Å². The number of amides is 8. The minimum absolute atomic E-state index is 0.253. The highest BCUT2D eigenvalue weighted by Gasteiger charge is 2.32. The maximum Gasteiger partial charge on any atom is 0.410 e. The van der Waals surface area contributed by atoms with Crippen LogP contribution in [0.1, 0.15) is 90.7 Å². The molecule has 0 atom stereocenters. The zero-order chi connectivity index (χ0) is 44.7. The lowest BCUT2D eigenvalue weighted by atomic mass is 9.89. The molecule has 4 aliphatic rings. The fraction of sp³-hybridized carbons (Fsp3) is 0.500. The summed E-state index contributed by atoms with van der Waals surface area (Å²) in [4.78, 5) is 78.5. The van der Waals surface area contributed by atoms with E-state index in [1.165, 1.54) is 15.4 Å². The molecule has 2 N–H and O–H groups in total. The highest BCUT2D eigenvalue weighted by atomic mass is 16.6. The molecule has 18 heteroatoms. The molecule has 330 valence electrons. The molecule has 3 saturated heterocycles. The van der Waals surface area contributed by atoms with Crippen molar-refractivity contribution in [2.75, 3.05) is 49.1 Å². The Morgan fingerprint density at radius 2 is 1.15 bits per heavy atom. The highest BCUT2D eigenvalue weighted by molar-refractivity contribution is 6.10. The number of aryl methyl sites for hydroxylation is 2. The SMILES string of the molecule is Cn1nc(N2CCC(=O)NC2=O)c2ccc(C3=CCN(C(=O)OC(C)(C)C)CC3)cc21.Cn1nc(N2CCC(=O)NC2=O)c2ccc(C3CCN(C(=O)OC(C)(C)C)CC3)cc21. The number of benzene rings is 2. The lowest BCUT2D eigenvalue weighted by Crippen LogP contribution is -2.49. The average Bonchev–Trinajstić information content (AvgIpc) is 3.71. The van der Waals surface area contributed by atoms with E-state index in [9.17, 15) is 28.8 Å². The summed E-state index contributed by atoms with van der Waals surface area (Å²) in [6, 6.07) is 11.3. The van der Waals surface area contributed by atoms with Crippen molar-refractivity contribution in [2.45, 2.75) is 90.8 Å². The molecule has 0 saturated carbocycles. The predicted octanol–water partition coefficient (Wildman–Crippen LogP) is 6.18. The van der Waals surface area contributed by atoms with Gasteiger partial charge in [-0.15, -0.1) is 0 Å². The van der Waals surface area contributed by atoms with Crippen LogP contribution < -0.4 is 20.4 Å². The predicted molar refractivity (Wildman–Crippen MR) is 233 cm³/mol. The normalized spacial score (nSPS) is 18.0. The molecule has 6 heterocycles. The Kier molecular flexibility index (Phi) is 12.1. The van der Waals surface area contributed by atoms with E-state index in [1.807, 2.05) is 79.9 Å². The summed E-state index contributed by atoms with van der Waals surface area (Å²) < 4.78 is 14.5. The summed E-state index contributed by atoms with van der Waals surface area (Å²) in [5.41, 5.74) is 4.25. The molecule has 18 nitrogen and oxygen atoms in total. The molecule has 2 aromatic heterocycles. The van der Waals surface area contributed by atoms with Crippen molar-refractivity contribution in [1.29, 1.82) is 0 Å². The van der Waals surface area contributed by atoms with Gasteiger partial charge in [0.25, 0.3) is 0 Å². The molecule has 4 aromatic rings. The van der Waals surface area contributed by atoms with Gasteiger partial charge < -0.3 is 19.3 Å². The Morgan fingerprint density at radius 3 is 1.63 bits per heavy atom. The van der Waals surface area contributed by atoms with Crippen LogP contribution in [-0.4, -0.2) is 116 Å². The number of ether oxygens (including phenoxy) is 2. The van der Waals surface area contributed by atoms with E-state index < -0.39 is 23.3 Å². The van der Waals surface area contributed by atoms with Gasteiger partial charge in [0.05, 0.1) is 11.0 Å². The number of rotatable bonds is 4. The second-order valence-corrected chi connectivity index (χ2v) is 18.1. The maximum absolute atomic E-state index is 12.3. The first-order chi connectivity index (χ1) is 29.2. The van der Waals surface area contributed by atoms with E-state index in [0.717, 1.165) is 52.2 Å². The molecule has 0 spiro atoms. The highest BCUT2D eigenvalue weighted by Crippen LogP contribution is 2.35. The van der Waals surface area contributed by atoms with Gasteiger partial charge in [0.15, 0.2) is 11.6 Å². The monoisotopic (exact) mass is 852 g/mol. The molecule has 0 aliphatic carbocycles. The first kappa shape index (κ1) is 43.6. The Morgan fingerprint density at radius 1 is 0.645 bits per heavy atom. The summed E-state index contributed by atoms with van der Waals surface area (Å²) in [5, 5.41) is 15.5. The molecule has 62 heavy (non-hydrogen) atoms. The Bertz CT molecular complexity index is 2470. The van der Waals surface area contributed by atoms with Crippen molar-refractivity contribution < 1.29 is 38.2 Å². The number of hydrogen-bond acceptors (Lipinski definition) is 10. The van der Waals surface area contributed by atoms with Crippen molar-refractivity contribution in [3.63, 3.8) is 0 Å². The van der Waals surface area contributed by atoms with E-state index in [-0.39, 0.29) is 36.8 Å². The summed E-state index contributed by atoms with van der Waals surface area (Å²) >= 11 is 0. The van der Waals surface area contributed by atoms with Gasteiger partial charge >= 0.3 is 24.2 Å². The molecule has 0 bridgehead atoms. The number of anilines is 2. The number of piperidine rings is 1. The number of likely N-dealkylation sites (tertiary alicyclic amines) is 1. The van der Waals surface area contributed by atoms with Gasteiger partial charge in [-0.25, -0.2) is 19.2 Å². The lowest BCUT2D eigenvalue weighted by molar-refractivity contribution is -0.121. The Balaban J connectivity index is 0.000000186. The van der Waals surface area contributed by atoms with E-state index >= 15 is 0 Å². The molecule has 0 radical (unpaired) electrons. The van der Waals surface area contributed by atoms with Crippen LogP contribution in [0.3, 0.4) is 0 Å². The Hall–Kier alpha value is -6.46. The smallest absolute Gasteiger partial charge is 0.410 e. The second-order valence-electron chi connectivity index (χ2n) is 18.1. The van der Waals surface area contributed by atoms with Crippen molar-refractivity contribution in [3.8, 4) is 0 Å². The van der Waals surface area contributed by atoms with Gasteiger partial charge in [-0.3, -0.25) is 39.4 Å². The number of fused-ring (bicyclic) bond motifs is 2. The van der Waals surface area contributed by atoms with Gasteiger partial charge in [-0.2, -0.15) is 10.2 Å². The lowest BCUT2D eigenvalue weighted by Gasteiger charge is -2.33. The Labute approximate surface area is 360 Å². The van der Waals surface area contributed by atoms with Crippen LogP contribution in [0, 0.1) is 0 Å². The number of imide groups is 2. The molecule has 4 aliphatic heterocycles. The molecule has 0 unspecified atom stereocenters. The third-order valence-corrected chi connectivity index (χ3v) is 11.2. The van der Waals surface area contributed by atoms with E-state index in [4.69, 9.17) is 9.47 Å². The molecule has 3 fully saturated rings. The summed E-state index contributed by atoms with van der Waals surface area (Å²) in [7, 11) is 3.69. The van der Waals surface area contributed by atoms with E-state index in [2.05, 4.69) is 39.0 Å². The maximum atomic E-state index is 12.3. The fourth-order valence-corrected chi connectivity index (χ4v) is 8.02. The summed E-state index contributed by atoms with van der Waals surface area (Å²) in [6.45, 7) is 14.3. The van der Waals surface area contributed by atoms with Gasteiger partial charge in [-0.1, -0.05) is 18.2 Å². The van der Waals surface area contributed by atoms with Gasteiger partial charge in [0.1, 0.15) is 11.2 Å². The fourth-order valence-electron chi connectivity index (χ4n) is 8.02. The van der Waals surface area contributed by atoms with Crippen LogP contribution in [0.4, 0.5) is 30.8 Å². The number of carbonyl (C=O) groups is 6. The number of urea groups is 2. The molecular weight excluding hydrogens is 797 g/mol. The summed E-state index contributed by atoms with van der Waals surface area (Å²) in [5.74, 6) is 0.920. The standard InChI is InChI=1S/C22H29N5O4.C22H27N5O4/c2*1-22(2,3)31-21(30)26-10-7-14(8-11-26)15-5-6-16-17(13-15)25(4)24-19(16)27-12-9-18(28)23-20(27)29/h5-6,13-14H,7-12H2,1-4H3,(H,23,28,29);5-7,13H,8-12H2,1-4H3,(H,23,28,29). The van der Waals surface area contributed by atoms with Crippen LogP contribution in [0.25, 0.3) is 27.4 Å². The van der Waals surface area contributed by atoms with Gasteiger partial charge in [-0.05, 0) is 108 Å². The first-order valence-corrected chi connectivity index (χ1v) is 21.1. The van der Waals surface area contributed by atoms with Crippen LogP contribution in [0.15, 0.2) is 42.5 Å². The van der Waals surface area contributed by atoms with Crippen molar-refractivity contribution in [2.24, 2.45) is 14.1 Å². The number of hydrogen-bond donors (Lipinski definition) is 2. The van der Waals surface area contributed by atoms with Crippen LogP contribution >= 0.6 is 0 Å². The van der Waals surface area contributed by atoms with E-state index in [1.54, 1.807) is 19.2 Å². The molecular formula is C44H56N10O8. The van der Waals surface area contributed by atoms with Crippen molar-refractivity contribution in [1.82, 2.24) is 40.0 Å². The zero-order valence-electron chi connectivity index (χ0n) is 36.7. The average molecular weight is 853 g/mol. The minimum Gasteiger partial charge on any atom is -0.444 e. The number of carbonyl (C=O) groups excluding carboxylic acids is 6. The minimum atomic E-state index is -0.512. The van der Waals surface area contributed by atoms with Crippen LogP contribution in [-0.2, 0) is 33.2 Å². The quantitative estimate of drug-likeness (QED) is 0.240. The molecule has 2 aromatic carbocycles. The van der Waals surface area contributed by atoms with Crippen LogP contribution in [0.2, 0.25) is 0 Å². The first-order valence-electron chi connectivity index (χ1n) is 21.1. The van der Waals surface area contributed by atoms with Crippen LogP contribution in [0.5, 0.6) is 0 Å². The molecule has 8 rings (SSSR count). The second kappa shape index (κ2) is 17.1. The van der Waals surface area contributed by atoms with Crippen molar-refractivity contribution >= 4 is 75.1 Å². The van der Waals surface area contributed by atoms with E-state index in [0.29, 0.717) is 56.8 Å². The van der Waals surface area contributed by atoms with Crippen molar-refractivity contribution in [3.05, 3.63) is 53.6 Å². The topological polar surface area (TPSA) is 194 Å².